The van der Waals surface area contributed by atoms with E-state index in [0.717, 1.165) is 0 Å². The predicted molar refractivity (Wildman–Crippen MR) is 70.8 cm³/mol. The number of aryl methyl sites for hydroxylation is 1. The van der Waals surface area contributed by atoms with Gasteiger partial charge in [-0.1, -0.05) is 12.1 Å². The van der Waals surface area contributed by atoms with Crippen molar-refractivity contribution in [3.63, 3.8) is 0 Å². The van der Waals surface area contributed by atoms with Crippen LogP contribution in [0, 0.1) is 12.7 Å². The molecule has 0 fully saturated rings. The Morgan fingerprint density at radius 2 is 2.25 bits per heavy atom. The van der Waals surface area contributed by atoms with Gasteiger partial charge in [0.25, 0.3) is 5.91 Å². The Morgan fingerprint density at radius 3 is 3.00 bits per heavy atom. The van der Waals surface area contributed by atoms with Crippen LogP contribution in [-0.4, -0.2) is 26.1 Å². The van der Waals surface area contributed by atoms with Crippen LogP contribution in [0.25, 0.3) is 10.9 Å². The maximum Gasteiger partial charge on any atom is 0.258 e. The van der Waals surface area contributed by atoms with Gasteiger partial charge in [-0.15, -0.1) is 0 Å². The molecule has 0 aliphatic rings. The van der Waals surface area contributed by atoms with E-state index in [1.165, 1.54) is 12.4 Å². The van der Waals surface area contributed by atoms with Gasteiger partial charge in [-0.25, -0.2) is 14.5 Å². The highest BCUT2D eigenvalue weighted by molar-refractivity contribution is 6.11. The molecule has 0 saturated heterocycles. The standard InChI is InChI=1S/C13H10FN5O/c1-7-5-9(12(20)18-13-15-6-16-19-13)8-3-2-4-10(14)11(8)17-7/h2-6H,1H3,(H2,15,16,18,19,20). The van der Waals surface area contributed by atoms with Crippen molar-refractivity contribution in [3.8, 4) is 0 Å². The number of hydrogen-bond donors (Lipinski definition) is 2. The number of H-pyrrole nitrogens is 1. The minimum atomic E-state index is -0.458. The molecule has 0 radical (unpaired) electrons. The van der Waals surface area contributed by atoms with E-state index in [9.17, 15) is 9.18 Å². The van der Waals surface area contributed by atoms with E-state index in [2.05, 4.69) is 25.5 Å². The predicted octanol–water partition coefficient (Wildman–Crippen LogP) is 2.05. The van der Waals surface area contributed by atoms with Gasteiger partial charge in [0, 0.05) is 11.1 Å². The Bertz CT molecular complexity index is 785. The van der Waals surface area contributed by atoms with Crippen LogP contribution < -0.4 is 5.32 Å². The van der Waals surface area contributed by atoms with E-state index in [4.69, 9.17) is 0 Å². The Morgan fingerprint density at radius 1 is 1.40 bits per heavy atom. The summed E-state index contributed by atoms with van der Waals surface area (Å²) in [7, 11) is 0. The van der Waals surface area contributed by atoms with Crippen LogP contribution in [0.15, 0.2) is 30.6 Å². The van der Waals surface area contributed by atoms with E-state index in [1.807, 2.05) is 0 Å². The molecule has 20 heavy (non-hydrogen) atoms. The van der Waals surface area contributed by atoms with Gasteiger partial charge in [0.05, 0.1) is 5.56 Å². The summed E-state index contributed by atoms with van der Waals surface area (Å²) in [5.74, 6) is -0.628. The van der Waals surface area contributed by atoms with Crippen LogP contribution in [0.3, 0.4) is 0 Å². The van der Waals surface area contributed by atoms with Crippen LogP contribution >= 0.6 is 0 Å². The molecule has 2 aromatic heterocycles. The molecule has 100 valence electrons. The van der Waals surface area contributed by atoms with E-state index in [0.29, 0.717) is 16.6 Å². The van der Waals surface area contributed by atoms with Gasteiger partial charge in [-0.05, 0) is 19.1 Å². The molecule has 0 spiro atoms. The number of anilines is 1. The highest BCUT2D eigenvalue weighted by atomic mass is 19.1. The van der Waals surface area contributed by atoms with Crippen LogP contribution in [-0.2, 0) is 0 Å². The number of aromatic nitrogens is 4. The quantitative estimate of drug-likeness (QED) is 0.747. The summed E-state index contributed by atoms with van der Waals surface area (Å²) in [6.45, 7) is 1.71. The fourth-order valence-electron chi connectivity index (χ4n) is 1.97. The molecule has 0 aliphatic carbocycles. The average Bonchev–Trinajstić information content (AvgIpc) is 2.92. The van der Waals surface area contributed by atoms with Gasteiger partial charge in [0.15, 0.2) is 0 Å². The number of para-hydroxylation sites is 1. The number of carbonyl (C=O) groups excluding carboxylic acids is 1. The van der Waals surface area contributed by atoms with Crippen molar-refractivity contribution < 1.29 is 9.18 Å². The number of fused-ring (bicyclic) bond motifs is 1. The second-order valence-electron chi connectivity index (χ2n) is 4.24. The zero-order valence-electron chi connectivity index (χ0n) is 10.5. The number of aromatic amines is 1. The minimum Gasteiger partial charge on any atom is -0.291 e. The number of amides is 1. The number of benzene rings is 1. The van der Waals surface area contributed by atoms with Crippen LogP contribution in [0.5, 0.6) is 0 Å². The molecular formula is C13H10FN5O. The van der Waals surface area contributed by atoms with Gasteiger partial charge < -0.3 is 0 Å². The highest BCUT2D eigenvalue weighted by Gasteiger charge is 2.15. The second kappa shape index (κ2) is 4.69. The third kappa shape index (κ3) is 2.09. The third-order valence-electron chi connectivity index (χ3n) is 2.81. The molecule has 1 aromatic carbocycles. The van der Waals surface area contributed by atoms with Crippen molar-refractivity contribution in [1.82, 2.24) is 20.2 Å². The van der Waals surface area contributed by atoms with Crippen molar-refractivity contribution in [2.75, 3.05) is 5.32 Å². The maximum absolute atomic E-state index is 13.8. The van der Waals surface area contributed by atoms with E-state index in [1.54, 1.807) is 25.1 Å². The largest absolute Gasteiger partial charge is 0.291 e. The lowest BCUT2D eigenvalue weighted by molar-refractivity contribution is 0.102. The molecular weight excluding hydrogens is 261 g/mol. The second-order valence-corrected chi connectivity index (χ2v) is 4.24. The first kappa shape index (κ1) is 12.2. The summed E-state index contributed by atoms with van der Waals surface area (Å²) in [5.41, 5.74) is 1.07. The fourth-order valence-corrected chi connectivity index (χ4v) is 1.97. The number of carbonyl (C=O) groups is 1. The summed E-state index contributed by atoms with van der Waals surface area (Å²) in [5, 5.41) is 9.18. The molecule has 3 rings (SSSR count). The summed E-state index contributed by atoms with van der Waals surface area (Å²) in [6.07, 6.45) is 1.28. The maximum atomic E-state index is 13.8. The molecule has 0 atom stereocenters. The summed E-state index contributed by atoms with van der Waals surface area (Å²) in [6, 6.07) is 6.11. The Hall–Kier alpha value is -2.83. The molecule has 1 amide bonds. The van der Waals surface area contributed by atoms with Crippen molar-refractivity contribution in [2.45, 2.75) is 6.92 Å². The fraction of sp³-hybridized carbons (Fsp3) is 0.0769. The lowest BCUT2D eigenvalue weighted by atomic mass is 10.1. The van der Waals surface area contributed by atoms with Crippen molar-refractivity contribution in [1.29, 1.82) is 0 Å². The zero-order valence-corrected chi connectivity index (χ0v) is 10.5. The number of hydrogen-bond acceptors (Lipinski definition) is 4. The first-order valence-electron chi connectivity index (χ1n) is 5.88. The van der Waals surface area contributed by atoms with Gasteiger partial charge >= 0.3 is 0 Å². The van der Waals surface area contributed by atoms with Crippen molar-refractivity contribution in [3.05, 3.63) is 47.7 Å². The summed E-state index contributed by atoms with van der Waals surface area (Å²) >= 11 is 0. The third-order valence-corrected chi connectivity index (χ3v) is 2.81. The molecule has 3 aromatic rings. The van der Waals surface area contributed by atoms with Crippen LogP contribution in [0.4, 0.5) is 10.3 Å². The lowest BCUT2D eigenvalue weighted by Gasteiger charge is -2.07. The number of pyridine rings is 1. The summed E-state index contributed by atoms with van der Waals surface area (Å²) < 4.78 is 13.8. The van der Waals surface area contributed by atoms with Crippen molar-refractivity contribution >= 4 is 22.8 Å². The van der Waals surface area contributed by atoms with E-state index >= 15 is 0 Å². The molecule has 0 unspecified atom stereocenters. The van der Waals surface area contributed by atoms with Crippen LogP contribution in [0.1, 0.15) is 16.1 Å². The monoisotopic (exact) mass is 271 g/mol. The lowest BCUT2D eigenvalue weighted by Crippen LogP contribution is -2.14. The Labute approximate surface area is 113 Å². The smallest absolute Gasteiger partial charge is 0.258 e. The SMILES string of the molecule is Cc1cc(C(=O)Nc2ncn[nH]2)c2cccc(F)c2n1. The first-order chi connectivity index (χ1) is 9.65. The first-order valence-corrected chi connectivity index (χ1v) is 5.88. The molecule has 6 nitrogen and oxygen atoms in total. The minimum absolute atomic E-state index is 0.176. The molecule has 2 N–H and O–H groups in total. The topological polar surface area (TPSA) is 83.6 Å². The van der Waals surface area contributed by atoms with Gasteiger partial charge in [-0.3, -0.25) is 10.1 Å². The molecule has 2 heterocycles. The van der Waals surface area contributed by atoms with Gasteiger partial charge in [-0.2, -0.15) is 10.1 Å². The molecule has 0 saturated carbocycles. The molecule has 0 aliphatic heterocycles. The number of nitrogens with one attached hydrogen (secondary N) is 2. The van der Waals surface area contributed by atoms with Gasteiger partial charge in [0.1, 0.15) is 17.7 Å². The van der Waals surface area contributed by atoms with Crippen LogP contribution in [0.2, 0.25) is 0 Å². The number of nitrogens with zero attached hydrogens (tertiary/aromatic N) is 3. The van der Waals surface area contributed by atoms with Crippen molar-refractivity contribution in [2.24, 2.45) is 0 Å². The highest BCUT2D eigenvalue weighted by Crippen LogP contribution is 2.21. The molecule has 7 heteroatoms. The summed E-state index contributed by atoms with van der Waals surface area (Å²) in [4.78, 5) is 20.2. The van der Waals surface area contributed by atoms with E-state index < -0.39 is 11.7 Å². The Balaban J connectivity index is 2.11. The van der Waals surface area contributed by atoms with Gasteiger partial charge in [0.2, 0.25) is 5.95 Å². The number of halogens is 1. The Kier molecular flexibility index (Phi) is 2.86. The molecule has 0 bridgehead atoms. The zero-order chi connectivity index (χ0) is 14.1. The normalized spacial score (nSPS) is 10.7. The number of rotatable bonds is 2. The average molecular weight is 271 g/mol. The van der Waals surface area contributed by atoms with E-state index in [-0.39, 0.29) is 11.5 Å².